The van der Waals surface area contributed by atoms with Gasteiger partial charge in [0, 0.05) is 14.2 Å². The number of hydrogen-bond acceptors (Lipinski definition) is 11. The van der Waals surface area contributed by atoms with Crippen LogP contribution in [0.2, 0.25) is 0 Å². The summed E-state index contributed by atoms with van der Waals surface area (Å²) in [5, 5.41) is 0. The van der Waals surface area contributed by atoms with E-state index in [2.05, 4.69) is 0 Å². The topological polar surface area (TPSA) is 102 Å². The van der Waals surface area contributed by atoms with Crippen LogP contribution in [-0.4, -0.2) is 88.8 Å². The van der Waals surface area contributed by atoms with Crippen LogP contribution >= 0.6 is 0 Å². The quantitative estimate of drug-likeness (QED) is 0.0581. The van der Waals surface area contributed by atoms with Crippen LogP contribution in [0.15, 0.2) is 182 Å². The maximum atomic E-state index is 6.84. The maximum Gasteiger partial charge on any atom is 0.186 e. The van der Waals surface area contributed by atoms with Gasteiger partial charge in [0.1, 0.15) is 48.8 Å². The van der Waals surface area contributed by atoms with Gasteiger partial charge >= 0.3 is 0 Å². The molecule has 2 saturated heterocycles. The van der Waals surface area contributed by atoms with Crippen LogP contribution in [0.5, 0.6) is 0 Å². The molecule has 0 aliphatic carbocycles. The molecule has 10 atom stereocenters. The number of rotatable bonds is 24. The van der Waals surface area contributed by atoms with Crippen LogP contribution in [0.25, 0.3) is 0 Å². The molecule has 67 heavy (non-hydrogen) atoms. The third-order valence-corrected chi connectivity index (χ3v) is 11.9. The van der Waals surface area contributed by atoms with E-state index in [-0.39, 0.29) is 13.2 Å². The number of ether oxygens (including phenoxy) is 11. The van der Waals surface area contributed by atoms with Gasteiger partial charge in [-0.3, -0.25) is 0 Å². The molecule has 2 aliphatic heterocycles. The van der Waals surface area contributed by atoms with Gasteiger partial charge in [-0.2, -0.15) is 0 Å². The van der Waals surface area contributed by atoms with Crippen molar-refractivity contribution in [2.75, 3.05) is 27.4 Å². The fourth-order valence-electron chi connectivity index (χ4n) is 8.44. The van der Waals surface area contributed by atoms with Gasteiger partial charge < -0.3 is 52.1 Å². The molecule has 0 amide bonds. The van der Waals surface area contributed by atoms with Crippen LogP contribution in [0, 0.1) is 0 Å². The largest absolute Gasteiger partial charge is 0.376 e. The molecule has 352 valence electrons. The molecule has 2 heterocycles. The fraction of sp³-hybridized carbons (Fsp3) is 0.357. The van der Waals surface area contributed by atoms with E-state index in [0.29, 0.717) is 39.6 Å². The molecule has 11 nitrogen and oxygen atoms in total. The van der Waals surface area contributed by atoms with Gasteiger partial charge in [-0.25, -0.2) is 0 Å². The molecule has 2 aliphatic rings. The smallest absolute Gasteiger partial charge is 0.186 e. The van der Waals surface area contributed by atoms with Crippen molar-refractivity contribution in [2.24, 2.45) is 0 Å². The Kier molecular flexibility index (Phi) is 18.7. The number of methoxy groups -OCH3 is 2. The maximum absolute atomic E-state index is 6.84. The Balaban J connectivity index is 1.06. The van der Waals surface area contributed by atoms with E-state index in [1.165, 1.54) is 0 Å². The van der Waals surface area contributed by atoms with E-state index in [1.54, 1.807) is 14.2 Å². The summed E-state index contributed by atoms with van der Waals surface area (Å²) in [6, 6.07) is 60.2. The van der Waals surface area contributed by atoms with Crippen LogP contribution in [0.3, 0.4) is 0 Å². The predicted octanol–water partition coefficient (Wildman–Crippen LogP) is 9.26. The minimum absolute atomic E-state index is 0.0995. The van der Waals surface area contributed by atoms with E-state index in [1.807, 2.05) is 182 Å². The van der Waals surface area contributed by atoms with E-state index < -0.39 is 61.4 Å². The Labute approximate surface area is 394 Å². The van der Waals surface area contributed by atoms with Crippen molar-refractivity contribution in [3.05, 3.63) is 215 Å². The van der Waals surface area contributed by atoms with E-state index in [9.17, 15) is 0 Å². The summed E-state index contributed by atoms with van der Waals surface area (Å²) >= 11 is 0. The third kappa shape index (κ3) is 14.0. The van der Waals surface area contributed by atoms with Crippen molar-refractivity contribution in [1.29, 1.82) is 0 Å². The van der Waals surface area contributed by atoms with Gasteiger partial charge in [0.15, 0.2) is 12.6 Å². The average molecular weight is 911 g/mol. The highest BCUT2D eigenvalue weighted by molar-refractivity contribution is 5.18. The molecule has 0 saturated carbocycles. The molecule has 11 heteroatoms. The molecular weight excluding hydrogens is 849 g/mol. The standard InChI is InChI=1S/C56H62O11/c1-57-55-53(64-37-45-29-17-7-18-30-45)51(62-35-43-25-13-5-14-26-43)49(60-33-41-21-9-3-10-22-41)47(66-55)39-59-40-48-50(61-34-42-23-11-4-12-24-42)52(63-36-44-27-15-6-16-28-44)54(56(58-2)67-48)65-38-46-31-19-8-20-32-46/h3-32,47-56H,33-40H2,1-2H3/t47-,48-,49-,50-,51+,52+,53+,54+,55?,56?/m1/s1. The molecule has 2 fully saturated rings. The summed E-state index contributed by atoms with van der Waals surface area (Å²) < 4.78 is 73.0. The van der Waals surface area contributed by atoms with Gasteiger partial charge in [0.05, 0.1) is 52.9 Å². The summed E-state index contributed by atoms with van der Waals surface area (Å²) in [5.41, 5.74) is 6.05. The molecule has 0 aromatic heterocycles. The number of hydrogen-bond donors (Lipinski definition) is 0. The minimum Gasteiger partial charge on any atom is -0.376 e. The highest BCUT2D eigenvalue weighted by atomic mass is 16.7. The summed E-state index contributed by atoms with van der Waals surface area (Å²) in [7, 11) is 3.23. The monoisotopic (exact) mass is 910 g/mol. The van der Waals surface area contributed by atoms with Gasteiger partial charge in [-0.15, -0.1) is 0 Å². The summed E-state index contributed by atoms with van der Waals surface area (Å²) in [6.07, 6.45) is -6.74. The second-order valence-corrected chi connectivity index (χ2v) is 16.7. The average Bonchev–Trinajstić information content (AvgIpc) is 3.39. The van der Waals surface area contributed by atoms with E-state index >= 15 is 0 Å². The minimum atomic E-state index is -0.807. The normalized spacial score (nSPS) is 25.2. The Morgan fingerprint density at radius 2 is 0.522 bits per heavy atom. The molecule has 0 bridgehead atoms. The molecule has 8 rings (SSSR count). The second kappa shape index (κ2) is 25.9. The zero-order valence-electron chi connectivity index (χ0n) is 38.2. The lowest BCUT2D eigenvalue weighted by molar-refractivity contribution is -0.332. The second-order valence-electron chi connectivity index (χ2n) is 16.7. The zero-order valence-corrected chi connectivity index (χ0v) is 38.2. The molecule has 6 aromatic rings. The fourth-order valence-corrected chi connectivity index (χ4v) is 8.44. The van der Waals surface area contributed by atoms with Crippen LogP contribution in [0.1, 0.15) is 33.4 Å². The molecule has 0 N–H and O–H groups in total. The van der Waals surface area contributed by atoms with Gasteiger partial charge in [-0.05, 0) is 33.4 Å². The van der Waals surface area contributed by atoms with Crippen LogP contribution in [-0.2, 0) is 91.7 Å². The molecule has 2 unspecified atom stereocenters. The molecule has 0 radical (unpaired) electrons. The third-order valence-electron chi connectivity index (χ3n) is 11.9. The SMILES string of the molecule is COC1O[C@H](COC[C@H]2OC(OC)[C@@H](OCc3ccccc3)[C@@H](OCc3ccccc3)[C@@H]2OCc2ccccc2)[C@@H](OCc2ccccc2)[C@H](OCc2ccccc2)[C@@H]1OCc1ccccc1. The highest BCUT2D eigenvalue weighted by Gasteiger charge is 2.51. The Bertz CT molecular complexity index is 2080. The van der Waals surface area contributed by atoms with Crippen LogP contribution in [0.4, 0.5) is 0 Å². The molecule has 6 aromatic carbocycles. The van der Waals surface area contributed by atoms with Gasteiger partial charge in [0.2, 0.25) is 0 Å². The molecular formula is C56H62O11. The van der Waals surface area contributed by atoms with E-state index in [0.717, 1.165) is 33.4 Å². The van der Waals surface area contributed by atoms with Crippen molar-refractivity contribution >= 4 is 0 Å². The lowest BCUT2D eigenvalue weighted by Crippen LogP contribution is -2.62. The first kappa shape index (κ1) is 48.3. The first-order chi connectivity index (χ1) is 33.1. The summed E-state index contributed by atoms with van der Waals surface area (Å²) in [6.45, 7) is 2.09. The summed E-state index contributed by atoms with van der Waals surface area (Å²) in [4.78, 5) is 0. The first-order valence-electron chi connectivity index (χ1n) is 23.0. The van der Waals surface area contributed by atoms with Crippen molar-refractivity contribution in [3.63, 3.8) is 0 Å². The Morgan fingerprint density at radius 3 is 0.761 bits per heavy atom. The van der Waals surface area contributed by atoms with Gasteiger partial charge in [0.25, 0.3) is 0 Å². The Hall–Kier alpha value is -5.12. The lowest BCUT2D eigenvalue weighted by atomic mass is 9.97. The van der Waals surface area contributed by atoms with Crippen molar-refractivity contribution in [3.8, 4) is 0 Å². The van der Waals surface area contributed by atoms with Crippen molar-refractivity contribution < 1.29 is 52.1 Å². The van der Waals surface area contributed by atoms with Crippen LogP contribution < -0.4 is 0 Å². The van der Waals surface area contributed by atoms with Crippen molar-refractivity contribution in [1.82, 2.24) is 0 Å². The Morgan fingerprint density at radius 1 is 0.299 bits per heavy atom. The highest BCUT2D eigenvalue weighted by Crippen LogP contribution is 2.34. The molecule has 0 spiro atoms. The van der Waals surface area contributed by atoms with Crippen molar-refractivity contribution in [2.45, 2.75) is 101 Å². The zero-order chi connectivity index (χ0) is 45.9. The first-order valence-corrected chi connectivity index (χ1v) is 23.0. The van der Waals surface area contributed by atoms with Gasteiger partial charge in [-0.1, -0.05) is 182 Å². The summed E-state index contributed by atoms with van der Waals surface area (Å²) in [5.74, 6) is 0. The lowest BCUT2D eigenvalue weighted by Gasteiger charge is -2.46. The number of benzene rings is 6. The predicted molar refractivity (Wildman–Crippen MR) is 252 cm³/mol. The van der Waals surface area contributed by atoms with E-state index in [4.69, 9.17) is 52.1 Å².